The van der Waals surface area contributed by atoms with E-state index in [1.165, 1.54) is 0 Å². The van der Waals surface area contributed by atoms with Crippen LogP contribution in [0.25, 0.3) is 0 Å². The molecule has 0 aromatic heterocycles. The van der Waals surface area contributed by atoms with Gasteiger partial charge in [0.05, 0.1) is 0 Å². The van der Waals surface area contributed by atoms with Crippen LogP contribution in [0.3, 0.4) is 0 Å². The number of hydrogen-bond donors (Lipinski definition) is 1. The van der Waals surface area contributed by atoms with Gasteiger partial charge in [-0.2, -0.15) is 0 Å². The summed E-state index contributed by atoms with van der Waals surface area (Å²) in [6.07, 6.45) is 0. The van der Waals surface area contributed by atoms with Crippen LogP contribution in [0, 0.1) is 0 Å². The molecule has 0 fully saturated rings. The van der Waals surface area contributed by atoms with E-state index < -0.39 is 7.82 Å². The van der Waals surface area contributed by atoms with Crippen molar-refractivity contribution in [2.45, 2.75) is 0 Å². The van der Waals surface area contributed by atoms with Crippen molar-refractivity contribution in [2.75, 3.05) is 14.2 Å². The zero-order valence-electron chi connectivity index (χ0n) is 4.83. The van der Waals surface area contributed by atoms with Crippen molar-refractivity contribution in [1.29, 1.82) is 0 Å². The van der Waals surface area contributed by atoms with Crippen molar-refractivity contribution in [2.24, 2.45) is 0 Å². The van der Waals surface area contributed by atoms with Crippen LogP contribution in [0.5, 0.6) is 0 Å². The third-order valence-corrected chi connectivity index (χ3v) is 1.38. The Morgan fingerprint density at radius 1 is 1.38 bits per heavy atom. The van der Waals surface area contributed by atoms with Gasteiger partial charge in [0, 0.05) is 41.5 Å². The van der Waals surface area contributed by atoms with Gasteiger partial charge in [0.2, 0.25) is 0 Å². The van der Waals surface area contributed by atoms with Crippen molar-refractivity contribution in [3.05, 3.63) is 0 Å². The maximum Gasteiger partial charge on any atom is 0.471 e. The Labute approximate surface area is 68.0 Å². The molecule has 46 valence electrons. The maximum absolute atomic E-state index is 10.1. The molecule has 0 saturated carbocycles. The first-order valence-corrected chi connectivity index (χ1v) is 3.06. The average molecular weight is 238 g/mol. The SMILES string of the molecule is COP(=O)(O)OC.[Cd]. The minimum absolute atomic E-state index is 0. The van der Waals surface area contributed by atoms with Crippen LogP contribution in [-0.2, 0) is 40.9 Å². The van der Waals surface area contributed by atoms with E-state index in [2.05, 4.69) is 9.05 Å². The number of phosphoric ester groups is 1. The Kier molecular flexibility index (Phi) is 7.17. The van der Waals surface area contributed by atoms with Gasteiger partial charge in [-0.1, -0.05) is 0 Å². The molecule has 0 heterocycles. The van der Waals surface area contributed by atoms with Crippen LogP contribution in [0.4, 0.5) is 0 Å². The topological polar surface area (TPSA) is 55.8 Å². The Morgan fingerprint density at radius 3 is 1.62 bits per heavy atom. The van der Waals surface area contributed by atoms with Gasteiger partial charge in [0.15, 0.2) is 0 Å². The van der Waals surface area contributed by atoms with Gasteiger partial charge in [-0.25, -0.2) is 4.57 Å². The van der Waals surface area contributed by atoms with Crippen molar-refractivity contribution in [3.63, 3.8) is 0 Å². The second kappa shape index (κ2) is 4.87. The van der Waals surface area contributed by atoms with E-state index >= 15 is 0 Å². The smallest absolute Gasteiger partial charge is 0.303 e. The fraction of sp³-hybridized carbons (Fsp3) is 1.00. The molecule has 0 radical (unpaired) electrons. The molecule has 0 bridgehead atoms. The molecule has 0 aliphatic heterocycles. The summed E-state index contributed by atoms with van der Waals surface area (Å²) < 4.78 is 18.0. The Morgan fingerprint density at radius 2 is 1.62 bits per heavy atom. The Bertz CT molecular complexity index is 86.0. The van der Waals surface area contributed by atoms with Gasteiger partial charge in [-0.15, -0.1) is 0 Å². The van der Waals surface area contributed by atoms with Gasteiger partial charge >= 0.3 is 7.82 Å². The second-order valence-electron chi connectivity index (χ2n) is 0.834. The molecular formula is C2H7CdO4P. The molecule has 8 heavy (non-hydrogen) atoms. The monoisotopic (exact) mass is 240 g/mol. The van der Waals surface area contributed by atoms with Gasteiger partial charge < -0.3 is 4.89 Å². The molecule has 0 aliphatic rings. The summed E-state index contributed by atoms with van der Waals surface area (Å²) in [6, 6.07) is 0. The van der Waals surface area contributed by atoms with Gasteiger partial charge in [-0.3, -0.25) is 9.05 Å². The quantitative estimate of drug-likeness (QED) is 0.558. The van der Waals surface area contributed by atoms with E-state index in [9.17, 15) is 4.57 Å². The fourth-order valence-corrected chi connectivity index (χ4v) is 0.224. The van der Waals surface area contributed by atoms with Crippen LogP contribution < -0.4 is 0 Å². The number of rotatable bonds is 2. The Balaban J connectivity index is 0. The third kappa shape index (κ3) is 5.17. The zero-order chi connectivity index (χ0) is 5.91. The largest absolute Gasteiger partial charge is 0.471 e. The molecule has 0 saturated heterocycles. The first-order chi connectivity index (χ1) is 3.12. The van der Waals surface area contributed by atoms with Crippen LogP contribution in [0.1, 0.15) is 0 Å². The molecule has 4 nitrogen and oxygen atoms in total. The second-order valence-corrected chi connectivity index (χ2v) is 2.50. The summed E-state index contributed by atoms with van der Waals surface area (Å²) in [5.74, 6) is 0. The summed E-state index contributed by atoms with van der Waals surface area (Å²) in [6.45, 7) is 0. The van der Waals surface area contributed by atoms with Crippen molar-refractivity contribution >= 4 is 7.82 Å². The van der Waals surface area contributed by atoms with E-state index in [4.69, 9.17) is 4.89 Å². The molecule has 0 rings (SSSR count). The van der Waals surface area contributed by atoms with Crippen LogP contribution >= 0.6 is 7.82 Å². The van der Waals surface area contributed by atoms with Crippen molar-refractivity contribution < 1.29 is 45.8 Å². The molecule has 6 heteroatoms. The van der Waals surface area contributed by atoms with E-state index in [1.54, 1.807) is 0 Å². The van der Waals surface area contributed by atoms with Crippen molar-refractivity contribution in [3.8, 4) is 0 Å². The predicted molar refractivity (Wildman–Crippen MR) is 23.8 cm³/mol. The zero-order valence-corrected chi connectivity index (χ0v) is 9.76. The maximum atomic E-state index is 10.1. The van der Waals surface area contributed by atoms with Crippen LogP contribution in [0.15, 0.2) is 0 Å². The predicted octanol–water partition coefficient (Wildman–Crippen LogP) is 0.377. The number of hydrogen-bond acceptors (Lipinski definition) is 3. The minimum atomic E-state index is -3.65. The Hall–Kier alpha value is 1.03. The normalized spacial score (nSPS) is 10.4. The van der Waals surface area contributed by atoms with E-state index in [0.717, 1.165) is 14.2 Å². The molecule has 1 N–H and O–H groups in total. The van der Waals surface area contributed by atoms with Crippen LogP contribution in [0.2, 0.25) is 0 Å². The van der Waals surface area contributed by atoms with E-state index in [1.807, 2.05) is 0 Å². The minimum Gasteiger partial charge on any atom is -0.303 e. The molecule has 0 aromatic carbocycles. The third-order valence-electron chi connectivity index (χ3n) is 0.461. The molecule has 0 aromatic rings. The summed E-state index contributed by atoms with van der Waals surface area (Å²) in [7, 11) is -1.45. The van der Waals surface area contributed by atoms with E-state index in [-0.39, 0.29) is 27.3 Å². The van der Waals surface area contributed by atoms with Crippen molar-refractivity contribution in [1.82, 2.24) is 0 Å². The first kappa shape index (κ1) is 11.8. The fourth-order valence-electron chi connectivity index (χ4n) is 0.0745. The summed E-state index contributed by atoms with van der Waals surface area (Å²) in [5.41, 5.74) is 0. The van der Waals surface area contributed by atoms with Gasteiger partial charge in [0.1, 0.15) is 0 Å². The summed E-state index contributed by atoms with van der Waals surface area (Å²) in [5, 5.41) is 0. The van der Waals surface area contributed by atoms with Crippen LogP contribution in [-0.4, -0.2) is 19.1 Å². The molecular weight excluding hydrogens is 231 g/mol. The average Bonchev–Trinajstić information content (AvgIpc) is 1.68. The molecule has 0 aliphatic carbocycles. The summed E-state index contributed by atoms with van der Waals surface area (Å²) in [4.78, 5) is 8.24. The molecule has 0 atom stereocenters. The first-order valence-electron chi connectivity index (χ1n) is 1.56. The molecule has 0 spiro atoms. The summed E-state index contributed by atoms with van der Waals surface area (Å²) >= 11 is 0. The molecule has 0 amide bonds. The standard InChI is InChI=1S/C2H7O4P.Cd/c1-5-7(3,4)6-2;/h1-2H3,(H,3,4);. The van der Waals surface area contributed by atoms with E-state index in [0.29, 0.717) is 0 Å². The van der Waals surface area contributed by atoms with Gasteiger partial charge in [-0.05, 0) is 0 Å². The van der Waals surface area contributed by atoms with Gasteiger partial charge in [0.25, 0.3) is 0 Å². The number of phosphoric acid groups is 1. The molecule has 0 unspecified atom stereocenters.